The van der Waals surface area contributed by atoms with E-state index in [0.717, 1.165) is 32.3 Å². The number of hydrogen-bond acceptors (Lipinski definition) is 3. The van der Waals surface area contributed by atoms with Crippen molar-refractivity contribution in [2.24, 2.45) is 0 Å². The Morgan fingerprint density at radius 1 is 1.43 bits per heavy atom. The molecular weight excluding hydrogens is 176 g/mol. The Hall–Kier alpha value is -0.120. The highest BCUT2D eigenvalue weighted by atomic mass is 16.5. The standard InChI is InChI=1S/C11H24N2O/c1-3-13(8-9-14-2)11-6-4-5-7-12-10-11/h11-12H,3-10H2,1-2H3. The van der Waals surface area contributed by atoms with Crippen LogP contribution in [0.3, 0.4) is 0 Å². The molecule has 1 rings (SSSR count). The molecule has 0 bridgehead atoms. The summed E-state index contributed by atoms with van der Waals surface area (Å²) in [4.78, 5) is 2.53. The molecule has 1 fully saturated rings. The summed E-state index contributed by atoms with van der Waals surface area (Å²) in [6.07, 6.45) is 4.03. The van der Waals surface area contributed by atoms with Gasteiger partial charge in [-0.15, -0.1) is 0 Å². The van der Waals surface area contributed by atoms with E-state index in [4.69, 9.17) is 4.74 Å². The van der Waals surface area contributed by atoms with Crippen LogP contribution in [0.1, 0.15) is 26.2 Å². The Labute approximate surface area is 87.8 Å². The fourth-order valence-corrected chi connectivity index (χ4v) is 2.12. The monoisotopic (exact) mass is 200 g/mol. The highest BCUT2D eigenvalue weighted by Crippen LogP contribution is 2.10. The predicted octanol–water partition coefficient (Wildman–Crippen LogP) is 1.10. The first-order chi connectivity index (χ1) is 6.88. The van der Waals surface area contributed by atoms with E-state index in [1.165, 1.54) is 25.8 Å². The third-order valence-corrected chi connectivity index (χ3v) is 3.03. The van der Waals surface area contributed by atoms with Gasteiger partial charge in [-0.05, 0) is 25.9 Å². The van der Waals surface area contributed by atoms with E-state index in [0.29, 0.717) is 0 Å². The summed E-state index contributed by atoms with van der Waals surface area (Å²) in [5.74, 6) is 0. The Kier molecular flexibility index (Phi) is 6.15. The summed E-state index contributed by atoms with van der Waals surface area (Å²) >= 11 is 0. The fourth-order valence-electron chi connectivity index (χ4n) is 2.12. The van der Waals surface area contributed by atoms with E-state index in [2.05, 4.69) is 17.1 Å². The molecule has 1 atom stereocenters. The van der Waals surface area contributed by atoms with Gasteiger partial charge in [0.25, 0.3) is 0 Å². The third kappa shape index (κ3) is 3.95. The largest absolute Gasteiger partial charge is 0.383 e. The normalized spacial score (nSPS) is 23.8. The van der Waals surface area contributed by atoms with Gasteiger partial charge in [0.15, 0.2) is 0 Å². The molecule has 0 spiro atoms. The van der Waals surface area contributed by atoms with Gasteiger partial charge in [0.2, 0.25) is 0 Å². The second-order valence-electron chi connectivity index (χ2n) is 3.98. The summed E-state index contributed by atoms with van der Waals surface area (Å²) in [6.45, 7) is 7.63. The molecule has 1 saturated heterocycles. The minimum atomic E-state index is 0.720. The van der Waals surface area contributed by atoms with Crippen LogP contribution in [0, 0.1) is 0 Å². The van der Waals surface area contributed by atoms with Crippen molar-refractivity contribution in [3.63, 3.8) is 0 Å². The maximum Gasteiger partial charge on any atom is 0.0589 e. The first-order valence-electron chi connectivity index (χ1n) is 5.82. The fraction of sp³-hybridized carbons (Fsp3) is 1.00. The molecule has 1 aliphatic heterocycles. The molecule has 0 amide bonds. The van der Waals surface area contributed by atoms with Crippen molar-refractivity contribution < 1.29 is 4.74 Å². The SMILES string of the molecule is CCN(CCOC)C1CCCCNC1. The van der Waals surface area contributed by atoms with E-state index >= 15 is 0 Å². The molecule has 3 nitrogen and oxygen atoms in total. The smallest absolute Gasteiger partial charge is 0.0589 e. The van der Waals surface area contributed by atoms with Crippen molar-refractivity contribution in [3.05, 3.63) is 0 Å². The van der Waals surface area contributed by atoms with Gasteiger partial charge in [-0.1, -0.05) is 13.3 Å². The zero-order valence-corrected chi connectivity index (χ0v) is 9.59. The van der Waals surface area contributed by atoms with Crippen LogP contribution in [0.2, 0.25) is 0 Å². The molecule has 0 aromatic heterocycles. The van der Waals surface area contributed by atoms with Crippen molar-refractivity contribution in [2.45, 2.75) is 32.2 Å². The lowest BCUT2D eigenvalue weighted by Gasteiger charge is -2.29. The molecule has 1 unspecified atom stereocenters. The van der Waals surface area contributed by atoms with E-state index in [-0.39, 0.29) is 0 Å². The Bertz CT molecular complexity index is 133. The second-order valence-corrected chi connectivity index (χ2v) is 3.98. The van der Waals surface area contributed by atoms with Crippen LogP contribution in [-0.4, -0.2) is 50.8 Å². The molecule has 0 saturated carbocycles. The van der Waals surface area contributed by atoms with Crippen LogP contribution < -0.4 is 5.32 Å². The minimum absolute atomic E-state index is 0.720. The van der Waals surface area contributed by atoms with Crippen LogP contribution in [-0.2, 0) is 4.74 Å². The summed E-state index contributed by atoms with van der Waals surface area (Å²) in [5.41, 5.74) is 0. The molecule has 0 aromatic carbocycles. The van der Waals surface area contributed by atoms with Crippen LogP contribution in [0.4, 0.5) is 0 Å². The van der Waals surface area contributed by atoms with Crippen molar-refractivity contribution in [1.29, 1.82) is 0 Å². The summed E-state index contributed by atoms with van der Waals surface area (Å²) in [5, 5.41) is 3.51. The lowest BCUT2D eigenvalue weighted by Crippen LogP contribution is -2.42. The Morgan fingerprint density at radius 2 is 2.29 bits per heavy atom. The molecule has 1 heterocycles. The highest BCUT2D eigenvalue weighted by molar-refractivity contribution is 4.76. The second kappa shape index (κ2) is 7.21. The number of nitrogens with one attached hydrogen (secondary N) is 1. The van der Waals surface area contributed by atoms with Crippen molar-refractivity contribution >= 4 is 0 Å². The van der Waals surface area contributed by atoms with Gasteiger partial charge < -0.3 is 10.1 Å². The number of nitrogens with zero attached hydrogens (tertiary/aromatic N) is 1. The summed E-state index contributed by atoms with van der Waals surface area (Å²) in [7, 11) is 1.78. The predicted molar refractivity (Wildman–Crippen MR) is 59.6 cm³/mol. The lowest BCUT2D eigenvalue weighted by molar-refractivity contribution is 0.121. The molecule has 1 N–H and O–H groups in total. The van der Waals surface area contributed by atoms with Crippen molar-refractivity contribution in [1.82, 2.24) is 10.2 Å². The average molecular weight is 200 g/mol. The Morgan fingerprint density at radius 3 is 3.00 bits per heavy atom. The first kappa shape index (κ1) is 12.0. The van der Waals surface area contributed by atoms with E-state index in [1.54, 1.807) is 7.11 Å². The van der Waals surface area contributed by atoms with Gasteiger partial charge in [0.05, 0.1) is 6.61 Å². The highest BCUT2D eigenvalue weighted by Gasteiger charge is 2.17. The maximum absolute atomic E-state index is 5.13. The molecule has 0 aromatic rings. The minimum Gasteiger partial charge on any atom is -0.383 e. The molecule has 0 aliphatic carbocycles. The van der Waals surface area contributed by atoms with Gasteiger partial charge in [-0.3, -0.25) is 4.90 Å². The average Bonchev–Trinajstić information content (AvgIpc) is 2.48. The van der Waals surface area contributed by atoms with Crippen LogP contribution in [0.15, 0.2) is 0 Å². The van der Waals surface area contributed by atoms with Gasteiger partial charge in [-0.2, -0.15) is 0 Å². The summed E-state index contributed by atoms with van der Waals surface area (Å²) < 4.78 is 5.13. The number of hydrogen-bond donors (Lipinski definition) is 1. The number of likely N-dealkylation sites (N-methyl/N-ethyl adjacent to an activating group) is 1. The van der Waals surface area contributed by atoms with Crippen molar-refractivity contribution in [2.75, 3.05) is 39.9 Å². The molecule has 84 valence electrons. The van der Waals surface area contributed by atoms with E-state index in [1.807, 2.05) is 0 Å². The van der Waals surface area contributed by atoms with Crippen LogP contribution in [0.5, 0.6) is 0 Å². The molecule has 0 radical (unpaired) electrons. The summed E-state index contributed by atoms with van der Waals surface area (Å²) in [6, 6.07) is 0.720. The topological polar surface area (TPSA) is 24.5 Å². The van der Waals surface area contributed by atoms with Crippen LogP contribution in [0.25, 0.3) is 0 Å². The zero-order valence-electron chi connectivity index (χ0n) is 9.59. The van der Waals surface area contributed by atoms with Gasteiger partial charge >= 0.3 is 0 Å². The molecular formula is C11H24N2O. The van der Waals surface area contributed by atoms with E-state index in [9.17, 15) is 0 Å². The Balaban J connectivity index is 2.32. The molecule has 1 aliphatic rings. The van der Waals surface area contributed by atoms with E-state index < -0.39 is 0 Å². The van der Waals surface area contributed by atoms with Gasteiger partial charge in [-0.25, -0.2) is 0 Å². The first-order valence-corrected chi connectivity index (χ1v) is 5.82. The molecule has 14 heavy (non-hydrogen) atoms. The van der Waals surface area contributed by atoms with Crippen molar-refractivity contribution in [3.8, 4) is 0 Å². The zero-order chi connectivity index (χ0) is 10.2. The molecule has 3 heteroatoms. The maximum atomic E-state index is 5.13. The quantitative estimate of drug-likeness (QED) is 0.719. The third-order valence-electron chi connectivity index (χ3n) is 3.03. The number of methoxy groups -OCH3 is 1. The van der Waals surface area contributed by atoms with Gasteiger partial charge in [0.1, 0.15) is 0 Å². The van der Waals surface area contributed by atoms with Crippen LogP contribution >= 0.6 is 0 Å². The number of rotatable bonds is 5. The number of ether oxygens (including phenoxy) is 1. The lowest BCUT2D eigenvalue weighted by atomic mass is 10.1. The van der Waals surface area contributed by atoms with Gasteiger partial charge in [0, 0.05) is 26.2 Å².